The number of aromatic nitrogens is 1. The molecule has 3 nitrogen and oxygen atoms in total. The van der Waals surface area contributed by atoms with Crippen molar-refractivity contribution in [3.8, 4) is 0 Å². The Balaban J connectivity index is 2.04. The Labute approximate surface area is 101 Å². The Morgan fingerprint density at radius 1 is 1.24 bits per heavy atom. The predicted molar refractivity (Wildman–Crippen MR) is 71.2 cm³/mol. The average molecular weight is 227 g/mol. The second-order valence-corrected chi connectivity index (χ2v) is 4.70. The first-order valence-electron chi connectivity index (χ1n) is 6.19. The fourth-order valence-corrected chi connectivity index (χ4v) is 2.56. The quantitative estimate of drug-likeness (QED) is 0.811. The molecule has 2 N–H and O–H groups in total. The predicted octanol–water partition coefficient (Wildman–Crippen LogP) is 2.16. The van der Waals surface area contributed by atoms with Crippen molar-refractivity contribution < 1.29 is 0 Å². The summed E-state index contributed by atoms with van der Waals surface area (Å²) in [6.07, 6.45) is 4.17. The van der Waals surface area contributed by atoms with Crippen LogP contribution < -0.4 is 10.6 Å². The summed E-state index contributed by atoms with van der Waals surface area (Å²) in [7, 11) is 0. The largest absolute Gasteiger partial charge is 0.355 e. The van der Waals surface area contributed by atoms with Crippen molar-refractivity contribution in [3.05, 3.63) is 36.5 Å². The fraction of sp³-hybridized carbons (Fsp3) is 0.357. The Kier molecular flexibility index (Phi) is 2.69. The normalized spacial score (nSPS) is 20.8. The molecule has 88 valence electrons. The summed E-state index contributed by atoms with van der Waals surface area (Å²) in [5, 5.41) is 2.47. The van der Waals surface area contributed by atoms with Gasteiger partial charge in [-0.2, -0.15) is 0 Å². The van der Waals surface area contributed by atoms with Gasteiger partial charge in [0.2, 0.25) is 0 Å². The number of pyridine rings is 1. The van der Waals surface area contributed by atoms with E-state index in [1.54, 1.807) is 0 Å². The van der Waals surface area contributed by atoms with Crippen LogP contribution in [0.15, 0.2) is 36.5 Å². The maximum Gasteiger partial charge on any atom is 0.136 e. The van der Waals surface area contributed by atoms with Gasteiger partial charge in [0.15, 0.2) is 0 Å². The maximum atomic E-state index is 6.04. The summed E-state index contributed by atoms with van der Waals surface area (Å²) in [6, 6.07) is 10.7. The van der Waals surface area contributed by atoms with Gasteiger partial charge in [-0.3, -0.25) is 0 Å². The van der Waals surface area contributed by atoms with Gasteiger partial charge in [0.05, 0.1) is 0 Å². The summed E-state index contributed by atoms with van der Waals surface area (Å²) < 4.78 is 0. The van der Waals surface area contributed by atoms with Gasteiger partial charge in [-0.15, -0.1) is 0 Å². The van der Waals surface area contributed by atoms with Crippen LogP contribution in [-0.4, -0.2) is 24.1 Å². The van der Waals surface area contributed by atoms with Gasteiger partial charge in [0, 0.05) is 30.7 Å². The molecule has 3 rings (SSSR count). The first-order valence-corrected chi connectivity index (χ1v) is 6.19. The van der Waals surface area contributed by atoms with Gasteiger partial charge < -0.3 is 10.6 Å². The summed E-state index contributed by atoms with van der Waals surface area (Å²) in [6.45, 7) is 1.98. The Hall–Kier alpha value is -1.61. The highest BCUT2D eigenvalue weighted by molar-refractivity contribution is 5.92. The monoisotopic (exact) mass is 227 g/mol. The average Bonchev–Trinajstić information content (AvgIpc) is 2.38. The van der Waals surface area contributed by atoms with Crippen molar-refractivity contribution in [2.24, 2.45) is 5.73 Å². The van der Waals surface area contributed by atoms with Crippen LogP contribution in [0.25, 0.3) is 10.8 Å². The van der Waals surface area contributed by atoms with E-state index in [0.717, 1.165) is 31.7 Å². The van der Waals surface area contributed by atoms with E-state index in [4.69, 9.17) is 5.73 Å². The van der Waals surface area contributed by atoms with Crippen molar-refractivity contribution in [2.75, 3.05) is 18.0 Å². The number of anilines is 1. The molecule has 0 saturated carbocycles. The summed E-state index contributed by atoms with van der Waals surface area (Å²) in [4.78, 5) is 6.85. The van der Waals surface area contributed by atoms with Crippen LogP contribution in [0.1, 0.15) is 12.8 Å². The highest BCUT2D eigenvalue weighted by Crippen LogP contribution is 2.26. The second-order valence-electron chi connectivity index (χ2n) is 4.70. The molecule has 0 spiro atoms. The minimum Gasteiger partial charge on any atom is -0.355 e. The molecule has 17 heavy (non-hydrogen) atoms. The molecule has 0 aliphatic carbocycles. The van der Waals surface area contributed by atoms with Gasteiger partial charge in [-0.25, -0.2) is 4.98 Å². The number of hydrogen-bond acceptors (Lipinski definition) is 3. The lowest BCUT2D eigenvalue weighted by Gasteiger charge is -2.32. The lowest BCUT2D eigenvalue weighted by molar-refractivity contribution is 0.504. The van der Waals surface area contributed by atoms with E-state index in [2.05, 4.69) is 40.2 Å². The second kappa shape index (κ2) is 4.34. The zero-order valence-electron chi connectivity index (χ0n) is 9.84. The molecule has 1 saturated heterocycles. The van der Waals surface area contributed by atoms with Crippen molar-refractivity contribution in [2.45, 2.75) is 18.9 Å². The maximum absolute atomic E-state index is 6.04. The topological polar surface area (TPSA) is 42.1 Å². The van der Waals surface area contributed by atoms with Crippen molar-refractivity contribution in [1.29, 1.82) is 0 Å². The van der Waals surface area contributed by atoms with Gasteiger partial charge in [0.25, 0.3) is 0 Å². The molecule has 1 aromatic heterocycles. The number of nitrogens with two attached hydrogens (primary N) is 1. The minimum atomic E-state index is 0.282. The molecule has 1 aliphatic rings. The summed E-state index contributed by atoms with van der Waals surface area (Å²) in [5.41, 5.74) is 6.04. The Bertz CT molecular complexity index is 518. The molecule has 0 radical (unpaired) electrons. The number of nitrogens with zero attached hydrogens (tertiary/aromatic N) is 2. The summed E-state index contributed by atoms with van der Waals surface area (Å²) >= 11 is 0. The van der Waals surface area contributed by atoms with E-state index in [1.807, 2.05) is 6.20 Å². The summed E-state index contributed by atoms with van der Waals surface area (Å²) in [5.74, 6) is 1.08. The van der Waals surface area contributed by atoms with Crippen molar-refractivity contribution >= 4 is 16.6 Å². The third kappa shape index (κ3) is 1.98. The van der Waals surface area contributed by atoms with Gasteiger partial charge >= 0.3 is 0 Å². The first-order chi connectivity index (χ1) is 8.34. The molecule has 1 aliphatic heterocycles. The number of benzene rings is 1. The van der Waals surface area contributed by atoms with E-state index < -0.39 is 0 Å². The number of rotatable bonds is 1. The van der Waals surface area contributed by atoms with Gasteiger partial charge in [-0.1, -0.05) is 24.3 Å². The lowest BCUT2D eigenvalue weighted by Crippen LogP contribution is -2.43. The molecule has 1 fully saturated rings. The van der Waals surface area contributed by atoms with Crippen molar-refractivity contribution in [1.82, 2.24) is 4.98 Å². The Morgan fingerprint density at radius 2 is 2.12 bits per heavy atom. The Morgan fingerprint density at radius 3 is 3.00 bits per heavy atom. The molecule has 0 bridgehead atoms. The molecule has 1 aromatic carbocycles. The SMILES string of the molecule is NC1CCCN(c2nccc3ccccc23)C1. The van der Waals surface area contributed by atoms with E-state index in [-0.39, 0.29) is 6.04 Å². The van der Waals surface area contributed by atoms with E-state index in [1.165, 1.54) is 10.8 Å². The van der Waals surface area contributed by atoms with Crippen LogP contribution in [0.4, 0.5) is 5.82 Å². The van der Waals surface area contributed by atoms with E-state index in [0.29, 0.717) is 0 Å². The van der Waals surface area contributed by atoms with Gasteiger partial charge in [-0.05, 0) is 24.3 Å². The third-order valence-corrected chi connectivity index (χ3v) is 3.41. The molecule has 1 unspecified atom stereocenters. The molecule has 3 heteroatoms. The van der Waals surface area contributed by atoms with Gasteiger partial charge in [0.1, 0.15) is 5.82 Å². The van der Waals surface area contributed by atoms with Crippen LogP contribution >= 0.6 is 0 Å². The van der Waals surface area contributed by atoms with Crippen LogP contribution in [-0.2, 0) is 0 Å². The molecule has 0 amide bonds. The van der Waals surface area contributed by atoms with Crippen LogP contribution in [0.3, 0.4) is 0 Å². The van der Waals surface area contributed by atoms with Crippen molar-refractivity contribution in [3.63, 3.8) is 0 Å². The highest BCUT2D eigenvalue weighted by atomic mass is 15.2. The molecule has 1 atom stereocenters. The molecular weight excluding hydrogens is 210 g/mol. The minimum absolute atomic E-state index is 0.282. The number of piperidine rings is 1. The highest BCUT2D eigenvalue weighted by Gasteiger charge is 2.19. The molecule has 2 aromatic rings. The standard InChI is InChI=1S/C14H17N3/c15-12-5-3-9-17(10-12)14-13-6-2-1-4-11(13)7-8-16-14/h1-2,4,6-8,12H,3,5,9-10,15H2. The lowest BCUT2D eigenvalue weighted by atomic mass is 10.1. The van der Waals surface area contributed by atoms with E-state index >= 15 is 0 Å². The first kappa shape index (κ1) is 10.5. The van der Waals surface area contributed by atoms with Crippen LogP contribution in [0.5, 0.6) is 0 Å². The molecular formula is C14H17N3. The smallest absolute Gasteiger partial charge is 0.136 e. The third-order valence-electron chi connectivity index (χ3n) is 3.41. The van der Waals surface area contributed by atoms with Crippen LogP contribution in [0.2, 0.25) is 0 Å². The van der Waals surface area contributed by atoms with Crippen LogP contribution in [0, 0.1) is 0 Å². The zero-order valence-corrected chi connectivity index (χ0v) is 9.84. The number of hydrogen-bond donors (Lipinski definition) is 1. The zero-order chi connectivity index (χ0) is 11.7. The fourth-order valence-electron chi connectivity index (χ4n) is 2.56. The van der Waals surface area contributed by atoms with E-state index in [9.17, 15) is 0 Å². The molecule has 2 heterocycles. The number of fused-ring (bicyclic) bond motifs is 1.